The number of carbonyl (C=O) groups is 1. The van der Waals surface area contributed by atoms with Crippen molar-refractivity contribution >= 4 is 21.5 Å². The molecule has 0 fully saturated rings. The summed E-state index contributed by atoms with van der Waals surface area (Å²) in [5.41, 5.74) is 1.61. The number of sulfone groups is 1. The first kappa shape index (κ1) is 15.5. The highest BCUT2D eigenvalue weighted by atomic mass is 32.2. The summed E-state index contributed by atoms with van der Waals surface area (Å²) >= 11 is 0. The van der Waals surface area contributed by atoms with Gasteiger partial charge in [0.05, 0.1) is 5.75 Å². The van der Waals surface area contributed by atoms with Gasteiger partial charge in [-0.05, 0) is 30.5 Å². The largest absolute Gasteiger partial charge is 0.481 e. The van der Waals surface area contributed by atoms with Crippen LogP contribution in [0, 0.1) is 0 Å². The van der Waals surface area contributed by atoms with Crippen LogP contribution in [-0.4, -0.2) is 32.3 Å². The van der Waals surface area contributed by atoms with Crippen LogP contribution in [0.1, 0.15) is 24.8 Å². The minimum absolute atomic E-state index is 0.0293. The van der Waals surface area contributed by atoms with E-state index < -0.39 is 15.8 Å². The molecule has 0 radical (unpaired) electrons. The van der Waals surface area contributed by atoms with E-state index in [-0.39, 0.29) is 12.2 Å². The van der Waals surface area contributed by atoms with Gasteiger partial charge in [-0.2, -0.15) is 0 Å². The molecule has 106 valence electrons. The second kappa shape index (κ2) is 7.13. The number of carboxylic acid groups (broad SMARTS) is 1. The van der Waals surface area contributed by atoms with Crippen LogP contribution in [0.2, 0.25) is 0 Å². The molecule has 0 aliphatic rings. The second-order valence-corrected chi connectivity index (χ2v) is 6.69. The number of unbranched alkanes of at least 4 members (excludes halogenated alkanes) is 1. The fraction of sp³-hybridized carbons (Fsp3) is 0.462. The molecule has 0 aromatic heterocycles. The van der Waals surface area contributed by atoms with E-state index in [4.69, 9.17) is 5.11 Å². The molecule has 0 spiro atoms. The number of benzene rings is 1. The summed E-state index contributed by atoms with van der Waals surface area (Å²) < 4.78 is 22.4. The van der Waals surface area contributed by atoms with Crippen molar-refractivity contribution in [1.29, 1.82) is 0 Å². The van der Waals surface area contributed by atoms with Crippen molar-refractivity contribution in [2.24, 2.45) is 0 Å². The molecular weight excluding hydrogens is 266 g/mol. The summed E-state index contributed by atoms with van der Waals surface area (Å²) in [5.74, 6) is -0.753. The van der Waals surface area contributed by atoms with E-state index in [0.717, 1.165) is 17.7 Å². The van der Waals surface area contributed by atoms with Gasteiger partial charge < -0.3 is 10.4 Å². The number of hydrogen-bond acceptors (Lipinski definition) is 4. The minimum atomic E-state index is -3.03. The number of anilines is 1. The first-order valence-corrected chi connectivity index (χ1v) is 8.15. The fourth-order valence-electron chi connectivity index (χ4n) is 1.71. The van der Waals surface area contributed by atoms with Crippen LogP contribution in [0.3, 0.4) is 0 Å². The Bertz CT molecular complexity index is 525. The van der Waals surface area contributed by atoms with Gasteiger partial charge in [-0.3, -0.25) is 4.79 Å². The molecule has 19 heavy (non-hydrogen) atoms. The van der Waals surface area contributed by atoms with Crippen LogP contribution in [0.5, 0.6) is 0 Å². The first-order valence-electron chi connectivity index (χ1n) is 6.09. The fourth-order valence-corrected chi connectivity index (χ4v) is 2.49. The van der Waals surface area contributed by atoms with E-state index >= 15 is 0 Å². The van der Waals surface area contributed by atoms with Crippen molar-refractivity contribution in [3.63, 3.8) is 0 Å². The van der Waals surface area contributed by atoms with Gasteiger partial charge in [0, 0.05) is 24.9 Å². The van der Waals surface area contributed by atoms with Crippen LogP contribution in [-0.2, 0) is 20.4 Å². The second-order valence-electron chi connectivity index (χ2n) is 4.55. The quantitative estimate of drug-likeness (QED) is 0.713. The predicted molar refractivity (Wildman–Crippen MR) is 75.0 cm³/mol. The van der Waals surface area contributed by atoms with E-state index in [1.54, 1.807) is 18.2 Å². The molecule has 1 aromatic carbocycles. The van der Waals surface area contributed by atoms with Crippen molar-refractivity contribution < 1.29 is 18.3 Å². The summed E-state index contributed by atoms with van der Waals surface area (Å²) in [4.78, 5) is 10.3. The van der Waals surface area contributed by atoms with Crippen LogP contribution in [0.4, 0.5) is 5.69 Å². The zero-order chi connectivity index (χ0) is 14.3. The Labute approximate surface area is 113 Å². The molecule has 1 aromatic rings. The Hall–Kier alpha value is -1.56. The Balaban J connectivity index is 2.42. The molecule has 0 bridgehead atoms. The minimum Gasteiger partial charge on any atom is -0.481 e. The molecule has 0 aliphatic heterocycles. The van der Waals surface area contributed by atoms with Gasteiger partial charge in [0.15, 0.2) is 9.84 Å². The van der Waals surface area contributed by atoms with Gasteiger partial charge in [0.1, 0.15) is 0 Å². The van der Waals surface area contributed by atoms with Crippen LogP contribution < -0.4 is 5.32 Å². The van der Waals surface area contributed by atoms with Crippen LogP contribution in [0.25, 0.3) is 0 Å². The maximum Gasteiger partial charge on any atom is 0.303 e. The highest BCUT2D eigenvalue weighted by molar-refractivity contribution is 7.89. The molecule has 6 heteroatoms. The molecule has 0 saturated heterocycles. The monoisotopic (exact) mass is 285 g/mol. The maximum atomic E-state index is 11.2. The highest BCUT2D eigenvalue weighted by Gasteiger charge is 2.04. The third kappa shape index (κ3) is 7.46. The molecule has 0 amide bonds. The van der Waals surface area contributed by atoms with Crippen molar-refractivity contribution in [3.05, 3.63) is 29.8 Å². The van der Waals surface area contributed by atoms with Crippen LogP contribution >= 0.6 is 0 Å². The Morgan fingerprint density at radius 2 is 2.05 bits per heavy atom. The maximum absolute atomic E-state index is 11.2. The Morgan fingerprint density at radius 1 is 1.32 bits per heavy atom. The first-order chi connectivity index (χ1) is 8.87. The van der Waals surface area contributed by atoms with E-state index in [1.807, 2.05) is 6.07 Å². The Morgan fingerprint density at radius 3 is 2.68 bits per heavy atom. The number of aliphatic carboxylic acids is 1. The van der Waals surface area contributed by atoms with Crippen molar-refractivity contribution in [2.45, 2.75) is 25.0 Å². The van der Waals surface area contributed by atoms with Gasteiger partial charge in [-0.25, -0.2) is 8.42 Å². The van der Waals surface area contributed by atoms with Gasteiger partial charge >= 0.3 is 5.97 Å². The Kier molecular flexibility index (Phi) is 5.82. The number of hydrogen-bond donors (Lipinski definition) is 2. The lowest BCUT2D eigenvalue weighted by Crippen LogP contribution is -2.05. The highest BCUT2D eigenvalue weighted by Crippen LogP contribution is 2.13. The molecule has 5 nitrogen and oxygen atoms in total. The van der Waals surface area contributed by atoms with Gasteiger partial charge in [-0.1, -0.05) is 12.1 Å². The third-order valence-corrected chi connectivity index (χ3v) is 3.36. The normalized spacial score (nSPS) is 11.2. The lowest BCUT2D eigenvalue weighted by atomic mass is 10.2. The van der Waals surface area contributed by atoms with E-state index in [0.29, 0.717) is 13.0 Å². The average molecular weight is 285 g/mol. The zero-order valence-electron chi connectivity index (χ0n) is 10.9. The van der Waals surface area contributed by atoms with Gasteiger partial charge in [0.2, 0.25) is 0 Å². The molecule has 2 N–H and O–H groups in total. The van der Waals surface area contributed by atoms with Crippen molar-refractivity contribution in [3.8, 4) is 0 Å². The van der Waals surface area contributed by atoms with E-state index in [9.17, 15) is 13.2 Å². The predicted octanol–water partition coefficient (Wildman–Crippen LogP) is 1.90. The molecule has 0 unspecified atom stereocenters. The topological polar surface area (TPSA) is 83.5 Å². The lowest BCUT2D eigenvalue weighted by molar-refractivity contribution is -0.137. The lowest BCUT2D eigenvalue weighted by Gasteiger charge is -2.07. The summed E-state index contributed by atoms with van der Waals surface area (Å²) in [5, 5.41) is 11.7. The smallest absolute Gasteiger partial charge is 0.303 e. The summed E-state index contributed by atoms with van der Waals surface area (Å²) in [6.07, 6.45) is 2.78. The number of rotatable bonds is 8. The van der Waals surface area contributed by atoms with Crippen molar-refractivity contribution in [2.75, 3.05) is 18.1 Å². The van der Waals surface area contributed by atoms with Crippen molar-refractivity contribution in [1.82, 2.24) is 0 Å². The molecule has 0 heterocycles. The summed E-state index contributed by atoms with van der Waals surface area (Å²) in [6, 6.07) is 7.25. The SMILES string of the molecule is CS(=O)(=O)Cc1cccc(NCCCCC(=O)O)c1. The third-order valence-electron chi connectivity index (χ3n) is 2.50. The summed E-state index contributed by atoms with van der Waals surface area (Å²) in [7, 11) is -3.03. The molecule has 0 saturated carbocycles. The number of nitrogens with one attached hydrogen (secondary N) is 1. The van der Waals surface area contributed by atoms with Gasteiger partial charge in [-0.15, -0.1) is 0 Å². The molecule has 0 aliphatic carbocycles. The molecule has 1 rings (SSSR count). The zero-order valence-corrected chi connectivity index (χ0v) is 11.7. The number of carboxylic acids is 1. The standard InChI is InChI=1S/C13H19NO4S/c1-19(17,18)10-11-5-4-6-12(9-11)14-8-3-2-7-13(15)16/h4-6,9,14H,2-3,7-8,10H2,1H3,(H,15,16). The van der Waals surface area contributed by atoms with Crippen LogP contribution in [0.15, 0.2) is 24.3 Å². The van der Waals surface area contributed by atoms with E-state index in [2.05, 4.69) is 5.32 Å². The summed E-state index contributed by atoms with van der Waals surface area (Å²) in [6.45, 7) is 0.676. The average Bonchev–Trinajstić information content (AvgIpc) is 2.26. The van der Waals surface area contributed by atoms with Gasteiger partial charge in [0.25, 0.3) is 0 Å². The molecule has 0 atom stereocenters. The molecular formula is C13H19NO4S. The van der Waals surface area contributed by atoms with E-state index in [1.165, 1.54) is 6.26 Å².